The number of benzene rings is 2. The Bertz CT molecular complexity index is 2110. The maximum Gasteiger partial charge on any atom is 0.586 e. The summed E-state index contributed by atoms with van der Waals surface area (Å²) < 4.78 is 48.4. The van der Waals surface area contributed by atoms with Crippen LogP contribution < -0.4 is 45.5 Å². The Morgan fingerprint density at radius 3 is 2.02 bits per heavy atom. The highest BCUT2D eigenvalue weighted by molar-refractivity contribution is 5.80. The molecular formula is C39H46F2N10O4. The monoisotopic (exact) mass is 756 g/mol. The highest BCUT2D eigenvalue weighted by Gasteiger charge is 2.45. The molecule has 5 N–H and O–H groups in total. The molecule has 6 heterocycles. The number of aryl methyl sites for hydroxylation is 2. The molecule has 2 aromatic heterocycles. The van der Waals surface area contributed by atoms with Crippen LogP contribution in [0.25, 0.3) is 11.1 Å². The van der Waals surface area contributed by atoms with Gasteiger partial charge in [0.2, 0.25) is 18.7 Å². The van der Waals surface area contributed by atoms with Crippen molar-refractivity contribution in [1.82, 2.24) is 30.2 Å². The molecule has 0 aliphatic carbocycles. The van der Waals surface area contributed by atoms with Crippen LogP contribution in [-0.4, -0.2) is 85.2 Å². The van der Waals surface area contributed by atoms with Gasteiger partial charge in [-0.3, -0.25) is 0 Å². The molecule has 8 rings (SSSR count). The van der Waals surface area contributed by atoms with E-state index in [0.29, 0.717) is 35.5 Å². The third kappa shape index (κ3) is 9.15. The Morgan fingerprint density at radius 1 is 0.727 bits per heavy atom. The molecule has 16 heteroatoms. The Balaban J connectivity index is 0.000000169. The molecular weight excluding hydrogens is 710 g/mol. The van der Waals surface area contributed by atoms with Crippen molar-refractivity contribution in [2.45, 2.75) is 45.8 Å². The topological polar surface area (TPSA) is 152 Å². The van der Waals surface area contributed by atoms with Gasteiger partial charge in [0, 0.05) is 85.3 Å². The summed E-state index contributed by atoms with van der Waals surface area (Å²) in [6.45, 7) is 7.64. The van der Waals surface area contributed by atoms with E-state index in [9.17, 15) is 8.78 Å². The number of nitrogens with zero attached hydrogens (tertiary/aromatic N) is 5. The molecule has 14 nitrogen and oxygen atoms in total. The number of ether oxygens (including phenoxy) is 4. The van der Waals surface area contributed by atoms with Gasteiger partial charge in [0.15, 0.2) is 23.0 Å². The molecule has 0 unspecified atom stereocenters. The van der Waals surface area contributed by atoms with Crippen molar-refractivity contribution in [3.8, 4) is 23.0 Å². The lowest BCUT2D eigenvalue weighted by molar-refractivity contribution is -0.286. The molecule has 0 fully saturated rings. The molecule has 0 bridgehead atoms. The maximum absolute atomic E-state index is 13.7. The Hall–Kier alpha value is -5.74. The fourth-order valence-corrected chi connectivity index (χ4v) is 6.74. The molecule has 0 spiro atoms. The standard InChI is InChI=1S/C20H25N5O2.C19H21F2N5O2/c1-13-9-18(21-2)24-20(22-13)23-15-10-16(19-17(11-15)26-12-27-19)14-5-4-7-25(3)8-6-14;1-11-8-16(22-2)26-18(24-11)25-13-9-14(12-4-3-6-23-7-5-12)17-15(10-13)27-19(20,21)28-17/h6,9-11H,4-5,7-8,12H2,1-3H3,(H2,21,22,23,24);5,8-10,23H,3-4,6-7H2,1-2H3,(H2,22,24,25,26). The minimum atomic E-state index is -3.68. The number of likely N-dealkylation sites (N-methyl/N-ethyl adjacent to an activating group) is 1. The van der Waals surface area contributed by atoms with E-state index in [0.717, 1.165) is 90.8 Å². The molecule has 4 aromatic rings. The highest BCUT2D eigenvalue weighted by Crippen LogP contribution is 2.48. The number of fused-ring (bicyclic) bond motifs is 2. The van der Waals surface area contributed by atoms with Crippen molar-refractivity contribution in [2.75, 3.05) is 75.4 Å². The number of halogens is 2. The molecule has 0 saturated heterocycles. The van der Waals surface area contributed by atoms with Crippen LogP contribution in [0.5, 0.6) is 23.0 Å². The van der Waals surface area contributed by atoms with E-state index in [1.54, 1.807) is 19.2 Å². The molecule has 0 amide bonds. The van der Waals surface area contributed by atoms with Crippen LogP contribution in [0.1, 0.15) is 48.2 Å². The second-order valence-electron chi connectivity index (χ2n) is 13.6. The Kier molecular flexibility index (Phi) is 11.2. The highest BCUT2D eigenvalue weighted by atomic mass is 19.3. The van der Waals surface area contributed by atoms with E-state index in [2.05, 4.69) is 70.6 Å². The van der Waals surface area contributed by atoms with E-state index in [1.165, 1.54) is 11.6 Å². The lowest BCUT2D eigenvalue weighted by Crippen LogP contribution is -2.26. The summed E-state index contributed by atoms with van der Waals surface area (Å²) >= 11 is 0. The van der Waals surface area contributed by atoms with Crippen LogP contribution in [0.15, 0.2) is 48.6 Å². The van der Waals surface area contributed by atoms with Crippen molar-refractivity contribution in [2.24, 2.45) is 0 Å². The van der Waals surface area contributed by atoms with Crippen LogP contribution in [0.3, 0.4) is 0 Å². The number of anilines is 6. The van der Waals surface area contributed by atoms with Gasteiger partial charge in [-0.2, -0.15) is 9.97 Å². The minimum Gasteiger partial charge on any atom is -0.453 e. The zero-order valence-corrected chi connectivity index (χ0v) is 31.6. The van der Waals surface area contributed by atoms with Gasteiger partial charge in [0.1, 0.15) is 11.6 Å². The first-order valence-electron chi connectivity index (χ1n) is 18.3. The average molecular weight is 757 g/mol. The first-order valence-corrected chi connectivity index (χ1v) is 18.3. The third-order valence-electron chi connectivity index (χ3n) is 9.33. The summed E-state index contributed by atoms with van der Waals surface area (Å²) in [6.07, 6.45) is 4.41. The Morgan fingerprint density at radius 2 is 1.35 bits per heavy atom. The van der Waals surface area contributed by atoms with E-state index in [4.69, 9.17) is 18.9 Å². The lowest BCUT2D eigenvalue weighted by atomic mass is 9.99. The van der Waals surface area contributed by atoms with Crippen LogP contribution >= 0.6 is 0 Å². The maximum atomic E-state index is 13.7. The smallest absolute Gasteiger partial charge is 0.453 e. The number of allylic oxidation sites excluding steroid dienone is 2. The molecule has 55 heavy (non-hydrogen) atoms. The van der Waals surface area contributed by atoms with E-state index in [1.807, 2.05) is 39.1 Å². The number of aromatic nitrogens is 4. The van der Waals surface area contributed by atoms with E-state index < -0.39 is 6.29 Å². The second-order valence-corrected chi connectivity index (χ2v) is 13.6. The number of rotatable bonds is 8. The molecule has 4 aliphatic heterocycles. The van der Waals surface area contributed by atoms with Crippen molar-refractivity contribution in [3.63, 3.8) is 0 Å². The summed E-state index contributed by atoms with van der Waals surface area (Å²) in [6, 6.07) is 11.0. The third-order valence-corrected chi connectivity index (χ3v) is 9.33. The summed E-state index contributed by atoms with van der Waals surface area (Å²) in [5, 5.41) is 15.7. The van der Waals surface area contributed by atoms with Gasteiger partial charge in [-0.15, -0.1) is 8.78 Å². The largest absolute Gasteiger partial charge is 0.586 e. The van der Waals surface area contributed by atoms with E-state index >= 15 is 0 Å². The minimum absolute atomic E-state index is 0.00963. The van der Waals surface area contributed by atoms with Crippen molar-refractivity contribution >= 4 is 46.1 Å². The first kappa shape index (κ1) is 37.6. The number of nitrogens with one attached hydrogen (secondary N) is 5. The number of alkyl halides is 2. The van der Waals surface area contributed by atoms with Gasteiger partial charge in [-0.25, -0.2) is 9.97 Å². The summed E-state index contributed by atoms with van der Waals surface area (Å²) in [4.78, 5) is 20.0. The van der Waals surface area contributed by atoms with E-state index in [-0.39, 0.29) is 18.3 Å². The van der Waals surface area contributed by atoms with Gasteiger partial charge in [0.05, 0.1) is 0 Å². The zero-order valence-electron chi connectivity index (χ0n) is 31.6. The summed E-state index contributed by atoms with van der Waals surface area (Å²) in [5.41, 5.74) is 7.00. The predicted molar refractivity (Wildman–Crippen MR) is 209 cm³/mol. The number of hydrogen-bond acceptors (Lipinski definition) is 14. The first-order chi connectivity index (χ1) is 26.6. The van der Waals surface area contributed by atoms with Crippen LogP contribution in [-0.2, 0) is 0 Å². The SMILES string of the molecule is CNc1cc(C)nc(Nc2cc3c(c(C4=CCN(C)CCC4)c2)OCO3)n1.CNc1cc(C)nc(Nc2cc3c(c(C4=CCNCCC4)c2)OC(F)(F)O3)n1. The molecule has 0 radical (unpaired) electrons. The fourth-order valence-electron chi connectivity index (χ4n) is 6.74. The molecule has 0 atom stereocenters. The summed E-state index contributed by atoms with van der Waals surface area (Å²) in [5.74, 6) is 3.98. The molecule has 2 aromatic carbocycles. The van der Waals surface area contributed by atoms with Gasteiger partial charge in [-0.05, 0) is 82.9 Å². The van der Waals surface area contributed by atoms with Gasteiger partial charge < -0.3 is 50.4 Å². The molecule has 4 aliphatic rings. The zero-order chi connectivity index (χ0) is 38.5. The van der Waals surface area contributed by atoms with Gasteiger partial charge >= 0.3 is 6.29 Å². The molecule has 0 saturated carbocycles. The average Bonchev–Trinajstić information content (AvgIpc) is 3.53. The van der Waals surface area contributed by atoms with Gasteiger partial charge in [0.25, 0.3) is 0 Å². The lowest BCUT2D eigenvalue weighted by Gasteiger charge is -2.13. The van der Waals surface area contributed by atoms with Crippen LogP contribution in [0, 0.1) is 13.8 Å². The normalized spacial score (nSPS) is 17.1. The molecule has 290 valence electrons. The van der Waals surface area contributed by atoms with Crippen molar-refractivity contribution in [3.05, 3.63) is 71.1 Å². The van der Waals surface area contributed by atoms with Crippen LogP contribution in [0.4, 0.5) is 43.7 Å². The quantitative estimate of drug-likeness (QED) is 0.125. The predicted octanol–water partition coefficient (Wildman–Crippen LogP) is 7.07. The Labute approximate surface area is 318 Å². The number of hydrogen-bond donors (Lipinski definition) is 5. The second kappa shape index (κ2) is 16.3. The van der Waals surface area contributed by atoms with Crippen molar-refractivity contribution in [1.29, 1.82) is 0 Å². The fraction of sp³-hybridized carbons (Fsp3) is 0.385. The van der Waals surface area contributed by atoms with Crippen LogP contribution in [0.2, 0.25) is 0 Å². The summed E-state index contributed by atoms with van der Waals surface area (Å²) in [7, 11) is 5.76. The van der Waals surface area contributed by atoms with Crippen molar-refractivity contribution < 1.29 is 27.7 Å². The van der Waals surface area contributed by atoms with Gasteiger partial charge in [-0.1, -0.05) is 12.2 Å².